The van der Waals surface area contributed by atoms with E-state index < -0.39 is 0 Å². The molecule has 3 heterocycles. The number of nitrogens with one attached hydrogen (secondary N) is 1. The molecule has 0 fully saturated rings. The van der Waals surface area contributed by atoms with Gasteiger partial charge in [0.25, 0.3) is 5.91 Å². The summed E-state index contributed by atoms with van der Waals surface area (Å²) < 4.78 is 16.3. The molecule has 1 aliphatic rings. The molecule has 154 valence electrons. The van der Waals surface area contributed by atoms with Crippen LogP contribution in [0.2, 0.25) is 0 Å². The summed E-state index contributed by atoms with van der Waals surface area (Å²) in [6.07, 6.45) is 7.73. The van der Waals surface area contributed by atoms with E-state index in [0.29, 0.717) is 35.1 Å². The van der Waals surface area contributed by atoms with Crippen molar-refractivity contribution in [2.75, 3.05) is 26.6 Å². The maximum Gasteiger partial charge on any atom is 0.257 e. The summed E-state index contributed by atoms with van der Waals surface area (Å²) in [5.74, 6) is 2.01. The number of anilines is 1. The maximum atomic E-state index is 12.5. The molecule has 1 amide bonds. The molecule has 4 rings (SSSR count). The highest BCUT2D eigenvalue weighted by Gasteiger charge is 2.26. The first-order valence-corrected chi connectivity index (χ1v) is 9.35. The minimum absolute atomic E-state index is 0. The summed E-state index contributed by atoms with van der Waals surface area (Å²) in [6.45, 7) is 0. The average Bonchev–Trinajstić information content (AvgIpc) is 3.11. The maximum absolute atomic E-state index is 12.5. The van der Waals surface area contributed by atoms with Crippen molar-refractivity contribution in [2.45, 2.75) is 6.42 Å². The van der Waals surface area contributed by atoms with Crippen LogP contribution in [0.3, 0.4) is 0 Å². The van der Waals surface area contributed by atoms with Crippen LogP contribution in [0.5, 0.6) is 17.2 Å². The summed E-state index contributed by atoms with van der Waals surface area (Å²) in [7, 11) is 4.71. The van der Waals surface area contributed by atoms with Gasteiger partial charge in [0, 0.05) is 36.7 Å². The zero-order chi connectivity index (χ0) is 21.1. The SMILES string of the molecule is COc1cc(-c2cnc3c(c2)C(=CCc2cccnc2)C(=O)N3)cc(OC)c1OC.[HH]. The third kappa shape index (κ3) is 3.57. The molecule has 1 aromatic carbocycles. The van der Waals surface area contributed by atoms with Crippen LogP contribution in [0.4, 0.5) is 5.82 Å². The molecule has 3 aromatic rings. The second-order valence-electron chi connectivity index (χ2n) is 6.67. The Morgan fingerprint density at radius 3 is 2.43 bits per heavy atom. The van der Waals surface area contributed by atoms with Gasteiger partial charge in [-0.1, -0.05) is 12.1 Å². The number of carbonyl (C=O) groups excluding carboxylic acids is 1. The molecule has 0 radical (unpaired) electrons. The molecule has 0 aliphatic carbocycles. The molecule has 1 aliphatic heterocycles. The van der Waals surface area contributed by atoms with E-state index in [4.69, 9.17) is 14.2 Å². The topological polar surface area (TPSA) is 82.6 Å². The summed E-state index contributed by atoms with van der Waals surface area (Å²) >= 11 is 0. The Morgan fingerprint density at radius 2 is 1.80 bits per heavy atom. The van der Waals surface area contributed by atoms with E-state index in [1.165, 1.54) is 0 Å². The third-order valence-electron chi connectivity index (χ3n) is 4.92. The average molecular weight is 405 g/mol. The molecule has 0 atom stereocenters. The molecule has 0 saturated carbocycles. The first kappa shape index (κ1) is 19.4. The Bertz CT molecular complexity index is 1110. The summed E-state index contributed by atoms with van der Waals surface area (Å²) in [6, 6.07) is 9.50. The largest absolute Gasteiger partial charge is 0.493 e. The smallest absolute Gasteiger partial charge is 0.257 e. The van der Waals surface area contributed by atoms with Gasteiger partial charge in [0.1, 0.15) is 5.82 Å². The van der Waals surface area contributed by atoms with Gasteiger partial charge in [0.2, 0.25) is 5.75 Å². The second-order valence-corrected chi connectivity index (χ2v) is 6.67. The van der Waals surface area contributed by atoms with Gasteiger partial charge in [0.15, 0.2) is 11.5 Å². The molecular weight excluding hydrogens is 382 g/mol. The van der Waals surface area contributed by atoms with E-state index in [0.717, 1.165) is 22.3 Å². The first-order valence-electron chi connectivity index (χ1n) is 9.35. The molecule has 0 saturated heterocycles. The predicted molar refractivity (Wildman–Crippen MR) is 116 cm³/mol. The van der Waals surface area contributed by atoms with E-state index in [2.05, 4.69) is 15.3 Å². The molecule has 0 bridgehead atoms. The Morgan fingerprint density at radius 1 is 1.03 bits per heavy atom. The number of methoxy groups -OCH3 is 3. The number of fused-ring (bicyclic) bond motifs is 1. The van der Waals surface area contributed by atoms with Crippen molar-refractivity contribution in [3.05, 3.63) is 66.1 Å². The number of ether oxygens (including phenoxy) is 3. The third-order valence-corrected chi connectivity index (χ3v) is 4.92. The van der Waals surface area contributed by atoms with Crippen molar-refractivity contribution in [3.8, 4) is 28.4 Å². The van der Waals surface area contributed by atoms with Crippen molar-refractivity contribution in [2.24, 2.45) is 0 Å². The number of hydrogen-bond donors (Lipinski definition) is 1. The van der Waals surface area contributed by atoms with Crippen LogP contribution in [0.25, 0.3) is 16.7 Å². The zero-order valence-corrected chi connectivity index (χ0v) is 16.9. The van der Waals surface area contributed by atoms with Gasteiger partial charge in [-0.25, -0.2) is 4.98 Å². The van der Waals surface area contributed by atoms with E-state index in [1.807, 2.05) is 36.4 Å². The normalized spacial score (nSPS) is 13.7. The fraction of sp³-hybridized carbons (Fsp3) is 0.174. The fourth-order valence-electron chi connectivity index (χ4n) is 3.41. The van der Waals surface area contributed by atoms with Crippen LogP contribution in [0.15, 0.2) is 55.0 Å². The van der Waals surface area contributed by atoms with Crippen LogP contribution in [0, 0.1) is 0 Å². The lowest BCUT2D eigenvalue weighted by atomic mass is 10.0. The van der Waals surface area contributed by atoms with E-state index in [9.17, 15) is 4.79 Å². The van der Waals surface area contributed by atoms with Crippen LogP contribution < -0.4 is 19.5 Å². The van der Waals surface area contributed by atoms with E-state index in [1.54, 1.807) is 39.9 Å². The van der Waals surface area contributed by atoms with Gasteiger partial charge in [-0.15, -0.1) is 0 Å². The number of aromatic nitrogens is 2. The molecule has 1 N–H and O–H groups in total. The van der Waals surface area contributed by atoms with Crippen LogP contribution in [-0.2, 0) is 11.2 Å². The summed E-state index contributed by atoms with van der Waals surface area (Å²) in [4.78, 5) is 21.1. The number of carbonyl (C=O) groups is 1. The molecule has 0 spiro atoms. The monoisotopic (exact) mass is 405 g/mol. The van der Waals surface area contributed by atoms with Crippen molar-refractivity contribution < 1.29 is 20.4 Å². The van der Waals surface area contributed by atoms with Gasteiger partial charge in [0.05, 0.1) is 21.3 Å². The summed E-state index contributed by atoms with van der Waals surface area (Å²) in [5.41, 5.74) is 4.05. The number of hydrogen-bond acceptors (Lipinski definition) is 6. The van der Waals surface area contributed by atoms with Gasteiger partial charge in [-0.3, -0.25) is 9.78 Å². The van der Waals surface area contributed by atoms with Gasteiger partial charge in [-0.05, 0) is 41.8 Å². The number of allylic oxidation sites excluding steroid dienone is 1. The Labute approximate surface area is 175 Å². The van der Waals surface area contributed by atoms with Crippen molar-refractivity contribution in [3.63, 3.8) is 0 Å². The Hall–Kier alpha value is -3.87. The molecule has 30 heavy (non-hydrogen) atoms. The number of pyridine rings is 2. The zero-order valence-electron chi connectivity index (χ0n) is 16.9. The van der Waals surface area contributed by atoms with Gasteiger partial charge in [-0.2, -0.15) is 0 Å². The highest BCUT2D eigenvalue weighted by Crippen LogP contribution is 2.42. The number of rotatable bonds is 6. The van der Waals surface area contributed by atoms with Crippen molar-refractivity contribution >= 4 is 17.3 Å². The van der Waals surface area contributed by atoms with E-state index in [-0.39, 0.29) is 7.33 Å². The molecular formula is C23H23N3O4. The number of benzene rings is 1. The molecule has 0 unspecified atom stereocenters. The van der Waals surface area contributed by atoms with Crippen LogP contribution >= 0.6 is 0 Å². The molecule has 2 aromatic heterocycles. The predicted octanol–water partition coefficient (Wildman–Crippen LogP) is 3.99. The highest BCUT2D eigenvalue weighted by molar-refractivity contribution is 6.31. The standard InChI is InChI=1S/C23H21N3O4.H2/c1-28-19-10-15(11-20(29-2)21(19)30-3)16-9-18-17(23(27)26-22(18)25-13-16)7-6-14-5-4-8-24-12-14;/h4-5,7-13H,6H2,1-3H3,(H,25,26,27);1H. The minimum Gasteiger partial charge on any atom is -0.493 e. The van der Waals surface area contributed by atoms with Crippen molar-refractivity contribution in [1.82, 2.24) is 9.97 Å². The summed E-state index contributed by atoms with van der Waals surface area (Å²) in [5, 5.41) is 2.82. The number of amides is 1. The minimum atomic E-state index is -0.163. The Balaban J connectivity index is 0.00000272. The molecule has 7 heteroatoms. The lowest BCUT2D eigenvalue weighted by Crippen LogP contribution is -2.04. The van der Waals surface area contributed by atoms with Crippen LogP contribution in [-0.4, -0.2) is 37.2 Å². The van der Waals surface area contributed by atoms with Gasteiger partial charge < -0.3 is 19.5 Å². The fourth-order valence-corrected chi connectivity index (χ4v) is 3.41. The Kier molecular flexibility index (Phi) is 5.34. The lowest BCUT2D eigenvalue weighted by Gasteiger charge is -2.14. The second kappa shape index (κ2) is 8.24. The van der Waals surface area contributed by atoms with E-state index >= 15 is 0 Å². The van der Waals surface area contributed by atoms with Crippen LogP contribution in [0.1, 0.15) is 12.6 Å². The highest BCUT2D eigenvalue weighted by atomic mass is 16.5. The van der Waals surface area contributed by atoms with Gasteiger partial charge >= 0.3 is 0 Å². The quantitative estimate of drug-likeness (QED) is 0.625. The van der Waals surface area contributed by atoms with Crippen molar-refractivity contribution in [1.29, 1.82) is 0 Å². The lowest BCUT2D eigenvalue weighted by molar-refractivity contribution is -0.110. The number of nitrogens with zero attached hydrogens (tertiary/aromatic N) is 2. The molecule has 7 nitrogen and oxygen atoms in total. The first-order chi connectivity index (χ1) is 14.6.